The predicted molar refractivity (Wildman–Crippen MR) is 94.3 cm³/mol. The highest BCUT2D eigenvalue weighted by Gasteiger charge is 2.20. The summed E-state index contributed by atoms with van der Waals surface area (Å²) in [6.07, 6.45) is 1.07. The average Bonchev–Trinajstić information content (AvgIpc) is 2.56. The Morgan fingerprint density at radius 3 is 2.48 bits per heavy atom. The molecule has 0 atom stereocenters. The summed E-state index contributed by atoms with van der Waals surface area (Å²) in [5.74, 6) is 0.231. The van der Waals surface area contributed by atoms with Gasteiger partial charge < -0.3 is 15.1 Å². The van der Waals surface area contributed by atoms with Gasteiger partial charge in [0.2, 0.25) is 5.91 Å². The van der Waals surface area contributed by atoms with Gasteiger partial charge in [0.05, 0.1) is 6.54 Å². The number of nitrogens with one attached hydrogen (secondary N) is 1. The Kier molecular flexibility index (Phi) is 7.52. The maximum absolute atomic E-state index is 12.2. The lowest BCUT2D eigenvalue weighted by molar-refractivity contribution is -0.132. The van der Waals surface area contributed by atoms with Gasteiger partial charge in [0, 0.05) is 32.7 Å². The molecule has 1 saturated heterocycles. The normalized spacial score (nSPS) is 16.0. The highest BCUT2D eigenvalue weighted by atomic mass is 16.2. The fourth-order valence-electron chi connectivity index (χ4n) is 2.82. The van der Waals surface area contributed by atoms with E-state index in [0.717, 1.165) is 52.2 Å². The Hall–Kier alpha value is -1.43. The molecule has 0 aliphatic carbocycles. The molecule has 5 heteroatoms. The van der Waals surface area contributed by atoms with Gasteiger partial charge in [0.1, 0.15) is 0 Å². The second kappa shape index (κ2) is 9.65. The molecule has 128 valence electrons. The number of rotatable bonds is 8. The third-order valence-electron chi connectivity index (χ3n) is 4.21. The number of piperazine rings is 1. The summed E-state index contributed by atoms with van der Waals surface area (Å²) in [7, 11) is 4.14. The molecule has 0 unspecified atom stereocenters. The minimum Gasteiger partial charge on any atom is -0.339 e. The number of nitrogens with zero attached hydrogens (tertiary/aromatic N) is 3. The van der Waals surface area contributed by atoms with Crippen molar-refractivity contribution in [3.63, 3.8) is 0 Å². The molecule has 0 radical (unpaired) electrons. The van der Waals surface area contributed by atoms with Gasteiger partial charge >= 0.3 is 0 Å². The first-order valence-electron chi connectivity index (χ1n) is 8.54. The summed E-state index contributed by atoms with van der Waals surface area (Å²) in [5.41, 5.74) is 1.34. The molecule has 1 amide bonds. The van der Waals surface area contributed by atoms with Crippen LogP contribution in [0.4, 0.5) is 0 Å². The van der Waals surface area contributed by atoms with Crippen molar-refractivity contribution in [1.82, 2.24) is 20.0 Å². The summed E-state index contributed by atoms with van der Waals surface area (Å²) in [6, 6.07) is 10.5. The Balaban J connectivity index is 1.61. The highest BCUT2D eigenvalue weighted by Crippen LogP contribution is 2.08. The quantitative estimate of drug-likeness (QED) is 0.722. The van der Waals surface area contributed by atoms with Gasteiger partial charge in [0.25, 0.3) is 0 Å². The van der Waals surface area contributed by atoms with Crippen LogP contribution in [0.15, 0.2) is 30.3 Å². The van der Waals surface area contributed by atoms with Crippen molar-refractivity contribution in [3.05, 3.63) is 35.9 Å². The molecule has 1 fully saturated rings. The molecular weight excluding hydrogens is 288 g/mol. The van der Waals surface area contributed by atoms with Gasteiger partial charge in [-0.3, -0.25) is 9.69 Å². The van der Waals surface area contributed by atoms with Crippen molar-refractivity contribution in [2.75, 3.05) is 59.9 Å². The second-order valence-electron chi connectivity index (χ2n) is 6.48. The molecule has 1 aliphatic rings. The van der Waals surface area contributed by atoms with E-state index >= 15 is 0 Å². The third-order valence-corrected chi connectivity index (χ3v) is 4.21. The number of carbonyl (C=O) groups excluding carboxylic acids is 1. The molecular formula is C18H30N4O. The minimum absolute atomic E-state index is 0.231. The molecule has 1 aromatic carbocycles. The number of hydrogen-bond donors (Lipinski definition) is 1. The molecule has 5 nitrogen and oxygen atoms in total. The minimum atomic E-state index is 0.231. The number of benzene rings is 1. The zero-order valence-electron chi connectivity index (χ0n) is 14.5. The van der Waals surface area contributed by atoms with Crippen molar-refractivity contribution >= 4 is 5.91 Å². The van der Waals surface area contributed by atoms with Crippen LogP contribution in [-0.2, 0) is 11.3 Å². The summed E-state index contributed by atoms with van der Waals surface area (Å²) in [6.45, 7) is 6.99. The Bertz CT molecular complexity index is 455. The van der Waals surface area contributed by atoms with Crippen LogP contribution in [0.1, 0.15) is 12.0 Å². The molecule has 0 bridgehead atoms. The Morgan fingerprint density at radius 2 is 1.83 bits per heavy atom. The number of hydrogen-bond acceptors (Lipinski definition) is 4. The lowest BCUT2D eigenvalue weighted by Gasteiger charge is -2.34. The van der Waals surface area contributed by atoms with E-state index in [0.29, 0.717) is 6.54 Å². The topological polar surface area (TPSA) is 38.8 Å². The predicted octanol–water partition coefficient (Wildman–Crippen LogP) is 0.872. The van der Waals surface area contributed by atoms with Crippen LogP contribution in [0.3, 0.4) is 0 Å². The summed E-state index contributed by atoms with van der Waals surface area (Å²) in [4.78, 5) is 18.8. The van der Waals surface area contributed by atoms with Gasteiger partial charge in [-0.15, -0.1) is 0 Å². The molecule has 0 saturated carbocycles. The fourth-order valence-corrected chi connectivity index (χ4v) is 2.82. The van der Waals surface area contributed by atoms with Gasteiger partial charge in [0.15, 0.2) is 0 Å². The second-order valence-corrected chi connectivity index (χ2v) is 6.48. The van der Waals surface area contributed by atoms with E-state index in [9.17, 15) is 4.79 Å². The zero-order valence-corrected chi connectivity index (χ0v) is 14.5. The molecule has 23 heavy (non-hydrogen) atoms. The average molecular weight is 318 g/mol. The van der Waals surface area contributed by atoms with E-state index in [1.54, 1.807) is 0 Å². The van der Waals surface area contributed by atoms with Gasteiger partial charge in [-0.2, -0.15) is 0 Å². The SMILES string of the molecule is CN(C)CCCNCC(=O)N1CCN(Cc2ccccc2)CC1. The summed E-state index contributed by atoms with van der Waals surface area (Å²) < 4.78 is 0. The first kappa shape index (κ1) is 17.9. The maximum atomic E-state index is 12.2. The van der Waals surface area contributed by atoms with E-state index < -0.39 is 0 Å². The Morgan fingerprint density at radius 1 is 1.13 bits per heavy atom. The van der Waals surface area contributed by atoms with Crippen molar-refractivity contribution < 1.29 is 4.79 Å². The monoisotopic (exact) mass is 318 g/mol. The van der Waals surface area contributed by atoms with Crippen molar-refractivity contribution in [2.24, 2.45) is 0 Å². The maximum Gasteiger partial charge on any atom is 0.236 e. The van der Waals surface area contributed by atoms with E-state index in [2.05, 4.69) is 53.5 Å². The number of amides is 1. The van der Waals surface area contributed by atoms with Gasteiger partial charge in [-0.05, 0) is 39.2 Å². The lowest BCUT2D eigenvalue weighted by Crippen LogP contribution is -2.50. The zero-order chi connectivity index (χ0) is 16.5. The van der Waals surface area contributed by atoms with E-state index in [1.165, 1.54) is 5.56 Å². The van der Waals surface area contributed by atoms with Crippen LogP contribution >= 0.6 is 0 Å². The van der Waals surface area contributed by atoms with Crippen LogP contribution in [0, 0.1) is 0 Å². The van der Waals surface area contributed by atoms with E-state index in [1.807, 2.05) is 11.0 Å². The van der Waals surface area contributed by atoms with Crippen LogP contribution in [0.25, 0.3) is 0 Å². The summed E-state index contributed by atoms with van der Waals surface area (Å²) in [5, 5.41) is 3.26. The molecule has 0 spiro atoms. The Labute approximate surface area is 140 Å². The molecule has 0 aromatic heterocycles. The van der Waals surface area contributed by atoms with Gasteiger partial charge in [-0.1, -0.05) is 30.3 Å². The summed E-state index contributed by atoms with van der Waals surface area (Å²) >= 11 is 0. The lowest BCUT2D eigenvalue weighted by atomic mass is 10.2. The molecule has 1 heterocycles. The van der Waals surface area contributed by atoms with Crippen LogP contribution < -0.4 is 5.32 Å². The first-order valence-corrected chi connectivity index (χ1v) is 8.54. The standard InChI is InChI=1S/C18H30N4O/c1-20(2)10-6-9-19-15-18(23)22-13-11-21(12-14-22)16-17-7-4-3-5-8-17/h3-5,7-8,19H,6,9-16H2,1-2H3. The first-order chi connectivity index (χ1) is 11.1. The van der Waals surface area contributed by atoms with Crippen molar-refractivity contribution in [1.29, 1.82) is 0 Å². The van der Waals surface area contributed by atoms with Crippen LogP contribution in [0.5, 0.6) is 0 Å². The molecule has 1 aliphatic heterocycles. The highest BCUT2D eigenvalue weighted by molar-refractivity contribution is 5.78. The van der Waals surface area contributed by atoms with E-state index in [-0.39, 0.29) is 5.91 Å². The largest absolute Gasteiger partial charge is 0.339 e. The molecule has 1 aromatic rings. The van der Waals surface area contributed by atoms with Crippen molar-refractivity contribution in [2.45, 2.75) is 13.0 Å². The van der Waals surface area contributed by atoms with Gasteiger partial charge in [-0.25, -0.2) is 0 Å². The third kappa shape index (κ3) is 6.69. The number of carbonyl (C=O) groups is 1. The van der Waals surface area contributed by atoms with E-state index in [4.69, 9.17) is 0 Å². The van der Waals surface area contributed by atoms with Crippen molar-refractivity contribution in [3.8, 4) is 0 Å². The molecule has 1 N–H and O–H groups in total. The van der Waals surface area contributed by atoms with Crippen LogP contribution in [-0.4, -0.2) is 80.5 Å². The van der Waals surface area contributed by atoms with Crippen LogP contribution in [0.2, 0.25) is 0 Å². The fraction of sp³-hybridized carbons (Fsp3) is 0.611. The molecule has 2 rings (SSSR count). The smallest absolute Gasteiger partial charge is 0.236 e.